The molecule has 1 aliphatic heterocycles. The Balaban J connectivity index is 1.77. The molecule has 2 aromatic rings. The summed E-state index contributed by atoms with van der Waals surface area (Å²) in [5.74, 6) is 1.49. The summed E-state index contributed by atoms with van der Waals surface area (Å²) >= 11 is 0. The van der Waals surface area contributed by atoms with Gasteiger partial charge in [-0.15, -0.1) is 0 Å². The number of rotatable bonds is 4. The maximum absolute atomic E-state index is 11.6. The molecule has 108 valence electrons. The Morgan fingerprint density at radius 3 is 2.85 bits per heavy atom. The van der Waals surface area contributed by atoms with Crippen molar-refractivity contribution in [2.24, 2.45) is 0 Å². The zero-order valence-electron chi connectivity index (χ0n) is 11.5. The minimum atomic E-state index is -2.84. The second kappa shape index (κ2) is 5.18. The molecule has 0 aliphatic carbocycles. The van der Waals surface area contributed by atoms with Gasteiger partial charge < -0.3 is 4.98 Å². The van der Waals surface area contributed by atoms with Crippen LogP contribution in [0.4, 0.5) is 0 Å². The van der Waals surface area contributed by atoms with E-state index in [1.54, 1.807) is 0 Å². The fourth-order valence-electron chi connectivity index (χ4n) is 2.84. The van der Waals surface area contributed by atoms with E-state index in [1.165, 1.54) is 0 Å². The number of hydrogen-bond acceptors (Lipinski definition) is 4. The Kier molecular flexibility index (Phi) is 3.52. The molecule has 1 aromatic heterocycles. The number of nitrogens with one attached hydrogen (secondary N) is 1. The maximum atomic E-state index is 11.6. The molecule has 1 saturated heterocycles. The Hall–Kier alpha value is -1.40. The van der Waals surface area contributed by atoms with Crippen molar-refractivity contribution in [3.05, 3.63) is 30.1 Å². The highest BCUT2D eigenvalue weighted by Crippen LogP contribution is 2.20. The molecular weight excluding hydrogens is 274 g/mol. The highest BCUT2D eigenvalue weighted by Gasteiger charge is 2.31. The third-order valence-electron chi connectivity index (χ3n) is 3.92. The minimum Gasteiger partial charge on any atom is -0.341 e. The molecular formula is C14H19N3O2S. The molecule has 20 heavy (non-hydrogen) atoms. The largest absolute Gasteiger partial charge is 0.341 e. The molecule has 0 saturated carbocycles. The summed E-state index contributed by atoms with van der Waals surface area (Å²) in [6.45, 7) is 3.57. The third-order valence-corrected chi connectivity index (χ3v) is 5.67. The van der Waals surface area contributed by atoms with E-state index in [1.807, 2.05) is 24.3 Å². The van der Waals surface area contributed by atoms with Gasteiger partial charge in [-0.2, -0.15) is 0 Å². The average molecular weight is 293 g/mol. The van der Waals surface area contributed by atoms with Gasteiger partial charge in [0.25, 0.3) is 0 Å². The van der Waals surface area contributed by atoms with Crippen LogP contribution in [0.2, 0.25) is 0 Å². The first-order valence-electron chi connectivity index (χ1n) is 6.95. The van der Waals surface area contributed by atoms with Gasteiger partial charge in [0.2, 0.25) is 0 Å². The van der Waals surface area contributed by atoms with Crippen molar-refractivity contribution in [3.8, 4) is 0 Å². The van der Waals surface area contributed by atoms with Crippen molar-refractivity contribution in [1.82, 2.24) is 14.9 Å². The summed E-state index contributed by atoms with van der Waals surface area (Å²) in [6, 6.07) is 8.05. The van der Waals surface area contributed by atoms with Gasteiger partial charge in [0, 0.05) is 6.04 Å². The summed E-state index contributed by atoms with van der Waals surface area (Å²) in [5, 5.41) is 0. The summed E-state index contributed by atoms with van der Waals surface area (Å²) in [4.78, 5) is 10.1. The van der Waals surface area contributed by atoms with E-state index in [0.717, 1.165) is 29.8 Å². The normalized spacial score (nSPS) is 21.8. The maximum Gasteiger partial charge on any atom is 0.151 e. The Morgan fingerprint density at radius 1 is 1.40 bits per heavy atom. The highest BCUT2D eigenvalue weighted by molar-refractivity contribution is 7.91. The number of sulfone groups is 1. The minimum absolute atomic E-state index is 0.123. The molecule has 1 aliphatic rings. The molecule has 1 N–H and O–H groups in total. The zero-order chi connectivity index (χ0) is 14.2. The predicted molar refractivity (Wildman–Crippen MR) is 79.2 cm³/mol. The lowest BCUT2D eigenvalue weighted by atomic mass is 10.2. The van der Waals surface area contributed by atoms with Gasteiger partial charge in [-0.1, -0.05) is 19.1 Å². The van der Waals surface area contributed by atoms with Crippen molar-refractivity contribution in [3.63, 3.8) is 0 Å². The fraction of sp³-hybridized carbons (Fsp3) is 0.500. The molecule has 0 amide bonds. The van der Waals surface area contributed by atoms with Gasteiger partial charge in [0.1, 0.15) is 5.82 Å². The molecule has 0 bridgehead atoms. The topological polar surface area (TPSA) is 66.1 Å². The van der Waals surface area contributed by atoms with Crippen LogP contribution >= 0.6 is 0 Å². The number of aromatic amines is 1. The second-order valence-electron chi connectivity index (χ2n) is 5.32. The number of para-hydroxylation sites is 2. The smallest absolute Gasteiger partial charge is 0.151 e. The van der Waals surface area contributed by atoms with Gasteiger partial charge in [-0.05, 0) is 25.1 Å². The van der Waals surface area contributed by atoms with Crippen molar-refractivity contribution in [2.75, 3.05) is 18.1 Å². The molecule has 0 spiro atoms. The molecule has 0 radical (unpaired) electrons. The van der Waals surface area contributed by atoms with Crippen molar-refractivity contribution < 1.29 is 8.42 Å². The molecule has 1 fully saturated rings. The number of fused-ring (bicyclic) bond motifs is 1. The lowest BCUT2D eigenvalue weighted by Gasteiger charge is -2.25. The van der Waals surface area contributed by atoms with Gasteiger partial charge in [-0.25, -0.2) is 13.4 Å². The van der Waals surface area contributed by atoms with E-state index in [0.29, 0.717) is 12.3 Å². The lowest BCUT2D eigenvalue weighted by molar-refractivity contribution is 0.210. The van der Waals surface area contributed by atoms with Gasteiger partial charge in [-0.3, -0.25) is 4.90 Å². The summed E-state index contributed by atoms with van der Waals surface area (Å²) in [7, 11) is -2.84. The van der Waals surface area contributed by atoms with E-state index in [2.05, 4.69) is 21.8 Å². The molecule has 1 atom stereocenters. The van der Waals surface area contributed by atoms with E-state index in [-0.39, 0.29) is 11.8 Å². The first-order valence-corrected chi connectivity index (χ1v) is 8.77. The molecule has 6 heteroatoms. The van der Waals surface area contributed by atoms with Crippen molar-refractivity contribution >= 4 is 20.9 Å². The number of H-pyrrole nitrogens is 1. The van der Waals surface area contributed by atoms with E-state index in [4.69, 9.17) is 0 Å². The predicted octanol–water partition coefficient (Wildman–Crippen LogP) is 1.57. The molecule has 5 nitrogen and oxygen atoms in total. The van der Waals surface area contributed by atoms with Gasteiger partial charge >= 0.3 is 0 Å². The highest BCUT2D eigenvalue weighted by atomic mass is 32.2. The zero-order valence-corrected chi connectivity index (χ0v) is 12.4. The van der Waals surface area contributed by atoms with E-state index in [9.17, 15) is 8.42 Å². The average Bonchev–Trinajstić information content (AvgIpc) is 2.98. The monoisotopic (exact) mass is 293 g/mol. The molecule has 2 heterocycles. The first-order chi connectivity index (χ1) is 9.57. The quantitative estimate of drug-likeness (QED) is 0.929. The summed E-state index contributed by atoms with van der Waals surface area (Å²) in [6.07, 6.45) is 0.733. The third kappa shape index (κ3) is 2.71. The number of aromatic nitrogens is 2. The molecule has 3 rings (SSSR count). The van der Waals surface area contributed by atoms with E-state index < -0.39 is 9.84 Å². The van der Waals surface area contributed by atoms with Crippen LogP contribution in [0, 0.1) is 0 Å². The molecule has 1 aromatic carbocycles. The van der Waals surface area contributed by atoms with Crippen LogP contribution < -0.4 is 0 Å². The van der Waals surface area contributed by atoms with Crippen LogP contribution in [0.3, 0.4) is 0 Å². The number of imidazole rings is 1. The summed E-state index contributed by atoms with van der Waals surface area (Å²) < 4.78 is 23.2. The summed E-state index contributed by atoms with van der Waals surface area (Å²) in [5.41, 5.74) is 1.98. The van der Waals surface area contributed by atoms with E-state index >= 15 is 0 Å². The van der Waals surface area contributed by atoms with Crippen LogP contribution in [0.25, 0.3) is 11.0 Å². The van der Waals surface area contributed by atoms with Crippen LogP contribution in [0.1, 0.15) is 19.2 Å². The Morgan fingerprint density at radius 2 is 2.20 bits per heavy atom. The number of hydrogen-bond donors (Lipinski definition) is 1. The van der Waals surface area contributed by atoms with Crippen LogP contribution in [-0.4, -0.2) is 47.4 Å². The fourth-order valence-corrected chi connectivity index (χ4v) is 4.60. The number of benzene rings is 1. The lowest BCUT2D eigenvalue weighted by Crippen LogP contribution is -2.35. The SMILES string of the molecule is CCN(Cc1nc2ccccc2[nH]1)C1CCS(=O)(=O)C1. The Labute approximate surface area is 118 Å². The van der Waals surface area contributed by atoms with Crippen LogP contribution in [-0.2, 0) is 16.4 Å². The molecule has 1 unspecified atom stereocenters. The standard InChI is InChI=1S/C14H19N3O2S/c1-2-17(11-7-8-20(18,19)10-11)9-14-15-12-5-3-4-6-13(12)16-14/h3-6,11H,2,7-10H2,1H3,(H,15,16). The van der Waals surface area contributed by atoms with Crippen molar-refractivity contribution in [1.29, 1.82) is 0 Å². The number of nitrogens with zero attached hydrogens (tertiary/aromatic N) is 2. The van der Waals surface area contributed by atoms with Crippen molar-refractivity contribution in [2.45, 2.75) is 25.9 Å². The Bertz CT molecular complexity index is 675. The van der Waals surface area contributed by atoms with Crippen LogP contribution in [0.5, 0.6) is 0 Å². The van der Waals surface area contributed by atoms with Gasteiger partial charge in [0.05, 0.1) is 29.1 Å². The second-order valence-corrected chi connectivity index (χ2v) is 7.55. The first kappa shape index (κ1) is 13.6. The van der Waals surface area contributed by atoms with Gasteiger partial charge in [0.15, 0.2) is 9.84 Å². The van der Waals surface area contributed by atoms with Crippen LogP contribution in [0.15, 0.2) is 24.3 Å².